The highest BCUT2D eigenvalue weighted by molar-refractivity contribution is 7.10. The Labute approximate surface area is 166 Å². The van der Waals surface area contributed by atoms with E-state index in [2.05, 4.69) is 47.6 Å². The van der Waals surface area contributed by atoms with Crippen LogP contribution in [0.25, 0.3) is 0 Å². The molecule has 0 bridgehead atoms. The molecule has 0 spiro atoms. The molecule has 0 fully saturated rings. The van der Waals surface area contributed by atoms with Crippen LogP contribution in [0.4, 0.5) is 5.82 Å². The maximum Gasteiger partial charge on any atom is 0.280 e. The summed E-state index contributed by atoms with van der Waals surface area (Å²) in [6.45, 7) is 2.31. The maximum absolute atomic E-state index is 12.3. The van der Waals surface area contributed by atoms with Gasteiger partial charge in [-0.1, -0.05) is 59.1 Å². The summed E-state index contributed by atoms with van der Waals surface area (Å²) in [4.78, 5) is 17.6. The lowest BCUT2D eigenvalue weighted by Crippen LogP contribution is -2.87. The zero-order valence-corrected chi connectivity index (χ0v) is 16.4. The minimum Gasteiger partial charge on any atom is -0.328 e. The summed E-state index contributed by atoms with van der Waals surface area (Å²) in [5.41, 5.74) is 2.37. The monoisotopic (exact) mass is 406 g/mol. The SMILES string of the molecule is Cc1ccc([C@H]([NH2+]CC(=O)Nc2ncc(Cl)cc2Cl)c2cccs2)cc1. The molecule has 3 aromatic rings. The number of halogens is 2. The van der Waals surface area contributed by atoms with Gasteiger partial charge in [-0.2, -0.15) is 0 Å². The van der Waals surface area contributed by atoms with Crippen molar-refractivity contribution in [2.24, 2.45) is 0 Å². The van der Waals surface area contributed by atoms with Crippen molar-refractivity contribution >= 4 is 46.3 Å². The van der Waals surface area contributed by atoms with E-state index < -0.39 is 0 Å². The van der Waals surface area contributed by atoms with Crippen molar-refractivity contribution in [3.63, 3.8) is 0 Å². The van der Waals surface area contributed by atoms with Crippen LogP contribution < -0.4 is 10.6 Å². The van der Waals surface area contributed by atoms with Crippen LogP contribution in [0.1, 0.15) is 22.0 Å². The minimum atomic E-state index is -0.171. The molecule has 3 rings (SSSR count). The van der Waals surface area contributed by atoms with E-state index in [-0.39, 0.29) is 18.5 Å². The van der Waals surface area contributed by atoms with Gasteiger partial charge in [-0.15, -0.1) is 11.3 Å². The number of nitrogens with zero attached hydrogens (tertiary/aromatic N) is 1. The average molecular weight is 407 g/mol. The van der Waals surface area contributed by atoms with Gasteiger partial charge in [0.05, 0.1) is 14.9 Å². The van der Waals surface area contributed by atoms with E-state index >= 15 is 0 Å². The van der Waals surface area contributed by atoms with Crippen LogP contribution in [0.5, 0.6) is 0 Å². The molecule has 1 atom stereocenters. The molecule has 26 heavy (non-hydrogen) atoms. The smallest absolute Gasteiger partial charge is 0.280 e. The Morgan fingerprint density at radius 2 is 2.04 bits per heavy atom. The van der Waals surface area contributed by atoms with Crippen molar-refractivity contribution < 1.29 is 10.1 Å². The Balaban J connectivity index is 1.69. The molecule has 0 unspecified atom stereocenters. The van der Waals surface area contributed by atoms with Crippen LogP contribution in [0.3, 0.4) is 0 Å². The van der Waals surface area contributed by atoms with E-state index in [0.717, 1.165) is 5.56 Å². The van der Waals surface area contributed by atoms with Crippen molar-refractivity contribution in [2.75, 3.05) is 11.9 Å². The van der Waals surface area contributed by atoms with Crippen molar-refractivity contribution in [3.8, 4) is 0 Å². The lowest BCUT2D eigenvalue weighted by Gasteiger charge is -2.15. The van der Waals surface area contributed by atoms with Gasteiger partial charge >= 0.3 is 0 Å². The number of nitrogens with one attached hydrogen (secondary N) is 1. The van der Waals surface area contributed by atoms with Gasteiger partial charge in [0.1, 0.15) is 6.04 Å². The van der Waals surface area contributed by atoms with E-state index in [9.17, 15) is 4.79 Å². The zero-order valence-electron chi connectivity index (χ0n) is 14.1. The molecule has 1 amide bonds. The second-order valence-electron chi connectivity index (χ2n) is 5.88. The number of carbonyl (C=O) groups is 1. The number of hydrogen-bond acceptors (Lipinski definition) is 3. The first-order valence-corrected chi connectivity index (χ1v) is 9.70. The van der Waals surface area contributed by atoms with E-state index in [0.29, 0.717) is 15.9 Å². The first kappa shape index (κ1) is 18.9. The topological polar surface area (TPSA) is 58.6 Å². The normalized spacial score (nSPS) is 12.0. The number of rotatable bonds is 6. The molecule has 7 heteroatoms. The lowest BCUT2D eigenvalue weighted by molar-refractivity contribution is -0.675. The van der Waals surface area contributed by atoms with Crippen molar-refractivity contribution in [1.29, 1.82) is 0 Å². The molecule has 3 N–H and O–H groups in total. The van der Waals surface area contributed by atoms with Gasteiger partial charge in [0.15, 0.2) is 12.4 Å². The summed E-state index contributed by atoms with van der Waals surface area (Å²) in [5.74, 6) is 0.146. The largest absolute Gasteiger partial charge is 0.328 e. The van der Waals surface area contributed by atoms with E-state index in [4.69, 9.17) is 23.2 Å². The first-order valence-electron chi connectivity index (χ1n) is 8.07. The molecule has 0 saturated heterocycles. The number of anilines is 1. The highest BCUT2D eigenvalue weighted by Gasteiger charge is 2.20. The molecule has 2 heterocycles. The number of quaternary nitrogens is 1. The van der Waals surface area contributed by atoms with Gasteiger partial charge in [-0.25, -0.2) is 4.98 Å². The zero-order chi connectivity index (χ0) is 18.5. The quantitative estimate of drug-likeness (QED) is 0.648. The summed E-state index contributed by atoms with van der Waals surface area (Å²) < 4.78 is 0. The third kappa shape index (κ3) is 4.83. The van der Waals surface area contributed by atoms with Crippen molar-refractivity contribution in [1.82, 2.24) is 4.98 Å². The van der Waals surface area contributed by atoms with Crippen LogP contribution >= 0.6 is 34.5 Å². The van der Waals surface area contributed by atoms with Crippen LogP contribution in [0, 0.1) is 6.92 Å². The van der Waals surface area contributed by atoms with Gasteiger partial charge in [0.25, 0.3) is 5.91 Å². The number of benzene rings is 1. The third-order valence-corrected chi connectivity index (χ3v) is 5.34. The molecule has 4 nitrogen and oxygen atoms in total. The third-order valence-electron chi connectivity index (χ3n) is 3.89. The second kappa shape index (κ2) is 8.64. The molecule has 1 aromatic carbocycles. The molecule has 0 radical (unpaired) electrons. The molecule has 134 valence electrons. The van der Waals surface area contributed by atoms with Crippen molar-refractivity contribution in [2.45, 2.75) is 13.0 Å². The number of aromatic nitrogens is 1. The Hall–Kier alpha value is -1.92. The van der Waals surface area contributed by atoms with Crippen LogP contribution in [0.2, 0.25) is 10.0 Å². The Morgan fingerprint density at radius 3 is 2.69 bits per heavy atom. The van der Waals surface area contributed by atoms with Gasteiger partial charge in [-0.05, 0) is 24.4 Å². The van der Waals surface area contributed by atoms with E-state index in [1.807, 2.05) is 16.8 Å². The fourth-order valence-electron chi connectivity index (χ4n) is 2.57. The standard InChI is InChI=1S/C19H17Cl2N3OS/c1-12-4-6-13(7-5-12)18(16-3-2-8-26-16)22-11-17(25)24-19-15(21)9-14(20)10-23-19/h2-10,18,22H,11H2,1H3,(H,23,24,25)/p+1/t18-/m0/s1. The number of aryl methyl sites for hydroxylation is 1. The number of amides is 1. The molecular weight excluding hydrogens is 389 g/mol. The number of hydrogen-bond donors (Lipinski definition) is 2. The van der Waals surface area contributed by atoms with Crippen molar-refractivity contribution in [3.05, 3.63) is 80.1 Å². The highest BCUT2D eigenvalue weighted by Crippen LogP contribution is 2.24. The fraction of sp³-hybridized carbons (Fsp3) is 0.158. The maximum atomic E-state index is 12.3. The Bertz CT molecular complexity index is 882. The molecule has 0 saturated carbocycles. The molecule has 0 aliphatic heterocycles. The van der Waals surface area contributed by atoms with Crippen LogP contribution in [0.15, 0.2) is 54.0 Å². The minimum absolute atomic E-state index is 0.0648. The summed E-state index contributed by atoms with van der Waals surface area (Å²) >= 11 is 13.6. The van der Waals surface area contributed by atoms with E-state index in [1.165, 1.54) is 16.6 Å². The predicted octanol–water partition coefficient (Wildman–Crippen LogP) is 4.05. The summed E-state index contributed by atoms with van der Waals surface area (Å²) in [6.07, 6.45) is 1.45. The molecule has 0 aliphatic carbocycles. The molecule has 0 aliphatic rings. The predicted molar refractivity (Wildman–Crippen MR) is 107 cm³/mol. The van der Waals surface area contributed by atoms with Crippen LogP contribution in [-0.4, -0.2) is 17.4 Å². The summed E-state index contributed by atoms with van der Waals surface area (Å²) in [6, 6.07) is 14.1. The first-order chi connectivity index (χ1) is 12.5. The lowest BCUT2D eigenvalue weighted by atomic mass is 10.0. The molecule has 2 aromatic heterocycles. The van der Waals surface area contributed by atoms with Gasteiger partial charge in [0.2, 0.25) is 0 Å². The number of nitrogens with two attached hydrogens (primary N) is 1. The molecular formula is C19H18Cl2N3OS+. The highest BCUT2D eigenvalue weighted by atomic mass is 35.5. The van der Waals surface area contributed by atoms with Gasteiger partial charge < -0.3 is 10.6 Å². The van der Waals surface area contributed by atoms with Gasteiger partial charge in [-0.3, -0.25) is 4.79 Å². The number of pyridine rings is 1. The number of carbonyl (C=O) groups excluding carboxylic acids is 1. The van der Waals surface area contributed by atoms with Crippen LogP contribution in [-0.2, 0) is 4.79 Å². The van der Waals surface area contributed by atoms with E-state index in [1.54, 1.807) is 17.4 Å². The summed E-state index contributed by atoms with van der Waals surface area (Å²) in [7, 11) is 0. The second-order valence-corrected chi connectivity index (χ2v) is 7.70. The Morgan fingerprint density at radius 1 is 1.27 bits per heavy atom. The fourth-order valence-corrected chi connectivity index (χ4v) is 3.85. The van der Waals surface area contributed by atoms with Gasteiger partial charge in [0, 0.05) is 11.8 Å². The number of thiophene rings is 1. The summed E-state index contributed by atoms with van der Waals surface area (Å²) in [5, 5.41) is 7.53. The average Bonchev–Trinajstić information content (AvgIpc) is 3.13. The Kier molecular flexibility index (Phi) is 6.27.